The van der Waals surface area contributed by atoms with E-state index in [0.717, 1.165) is 22.5 Å². The highest BCUT2D eigenvalue weighted by atomic mass is 16.5. The first kappa shape index (κ1) is 14.3. The van der Waals surface area contributed by atoms with Crippen LogP contribution in [-0.4, -0.2) is 22.6 Å². The molecule has 1 aromatic heterocycles. The van der Waals surface area contributed by atoms with Crippen LogP contribution in [-0.2, 0) is 0 Å². The quantitative estimate of drug-likeness (QED) is 0.777. The van der Waals surface area contributed by atoms with Crippen molar-refractivity contribution in [2.24, 2.45) is 0 Å². The average Bonchev–Trinajstić information content (AvgIpc) is 2.54. The normalized spacial score (nSPS) is 12.1. The Morgan fingerprint density at radius 3 is 2.73 bits per heavy atom. The summed E-state index contributed by atoms with van der Waals surface area (Å²) in [5.41, 5.74) is 2.14. The first-order valence-electron chi connectivity index (χ1n) is 7.39. The van der Waals surface area contributed by atoms with E-state index in [1.54, 1.807) is 6.33 Å². The molecule has 0 saturated carbocycles. The van der Waals surface area contributed by atoms with Gasteiger partial charge in [0.05, 0.1) is 12.1 Å². The zero-order valence-electron chi connectivity index (χ0n) is 12.8. The van der Waals surface area contributed by atoms with Crippen LogP contribution in [0, 0.1) is 6.92 Å². The Bertz CT molecular complexity index is 759. The smallest absolute Gasteiger partial charge is 0.137 e. The van der Waals surface area contributed by atoms with Gasteiger partial charge in [0.15, 0.2) is 0 Å². The van der Waals surface area contributed by atoms with Gasteiger partial charge in [-0.05, 0) is 38.1 Å². The zero-order chi connectivity index (χ0) is 15.4. The molecule has 1 N–H and O–H groups in total. The van der Waals surface area contributed by atoms with Gasteiger partial charge in [0.2, 0.25) is 0 Å². The minimum atomic E-state index is 0.0391. The van der Waals surface area contributed by atoms with Crippen LogP contribution >= 0.6 is 0 Å². The molecule has 1 unspecified atom stereocenters. The highest BCUT2D eigenvalue weighted by Gasteiger charge is 2.07. The molecule has 0 spiro atoms. The first-order valence-corrected chi connectivity index (χ1v) is 7.39. The van der Waals surface area contributed by atoms with Crippen LogP contribution in [0.1, 0.15) is 12.5 Å². The predicted molar refractivity (Wildman–Crippen MR) is 89.3 cm³/mol. The fraction of sp³-hybridized carbons (Fsp3) is 0.222. The number of fused-ring (bicyclic) bond motifs is 1. The molecule has 2 aromatic carbocycles. The molecule has 0 amide bonds. The minimum Gasteiger partial charge on any atom is -0.489 e. The molecule has 4 nitrogen and oxygen atoms in total. The van der Waals surface area contributed by atoms with Crippen molar-refractivity contribution in [1.29, 1.82) is 0 Å². The second-order valence-corrected chi connectivity index (χ2v) is 5.37. The van der Waals surface area contributed by atoms with Gasteiger partial charge in [-0.2, -0.15) is 0 Å². The number of aromatic nitrogens is 2. The summed E-state index contributed by atoms with van der Waals surface area (Å²) >= 11 is 0. The Morgan fingerprint density at radius 2 is 1.91 bits per heavy atom. The highest BCUT2D eigenvalue weighted by Crippen LogP contribution is 2.20. The number of nitrogens with zero attached hydrogens (tertiary/aromatic N) is 2. The van der Waals surface area contributed by atoms with Crippen molar-refractivity contribution in [2.75, 3.05) is 11.9 Å². The maximum atomic E-state index is 5.87. The van der Waals surface area contributed by atoms with Gasteiger partial charge in [-0.1, -0.05) is 29.8 Å². The summed E-state index contributed by atoms with van der Waals surface area (Å²) in [5, 5.41) is 4.40. The Kier molecular flexibility index (Phi) is 4.19. The van der Waals surface area contributed by atoms with Crippen LogP contribution < -0.4 is 10.1 Å². The molecular formula is C18H19N3O. The standard InChI is InChI=1S/C18H19N3O/c1-13-8-9-17-16(10-13)18(21-12-20-17)19-11-14(2)22-15-6-4-3-5-7-15/h3-10,12,14H,11H2,1-2H3,(H,19,20,21). The molecule has 112 valence electrons. The number of nitrogens with one attached hydrogen (secondary N) is 1. The van der Waals surface area contributed by atoms with E-state index in [-0.39, 0.29) is 6.10 Å². The first-order chi connectivity index (χ1) is 10.7. The van der Waals surface area contributed by atoms with Gasteiger partial charge in [0.1, 0.15) is 24.0 Å². The maximum Gasteiger partial charge on any atom is 0.137 e. The van der Waals surface area contributed by atoms with Crippen LogP contribution in [0.5, 0.6) is 5.75 Å². The zero-order valence-corrected chi connectivity index (χ0v) is 12.8. The molecule has 3 aromatic rings. The van der Waals surface area contributed by atoms with Crippen molar-refractivity contribution < 1.29 is 4.74 Å². The van der Waals surface area contributed by atoms with Crippen LogP contribution in [0.2, 0.25) is 0 Å². The van der Waals surface area contributed by atoms with E-state index in [4.69, 9.17) is 4.74 Å². The molecule has 0 aliphatic heterocycles. The number of benzene rings is 2. The van der Waals surface area contributed by atoms with E-state index < -0.39 is 0 Å². The number of ether oxygens (including phenoxy) is 1. The van der Waals surface area contributed by atoms with E-state index in [1.165, 1.54) is 5.56 Å². The summed E-state index contributed by atoms with van der Waals surface area (Å²) in [6.07, 6.45) is 1.63. The third kappa shape index (κ3) is 3.34. The Labute approximate surface area is 130 Å². The van der Waals surface area contributed by atoms with Gasteiger partial charge in [0, 0.05) is 5.39 Å². The fourth-order valence-electron chi connectivity index (χ4n) is 2.32. The third-order valence-electron chi connectivity index (χ3n) is 3.43. The third-order valence-corrected chi connectivity index (χ3v) is 3.43. The van der Waals surface area contributed by atoms with Gasteiger partial charge < -0.3 is 10.1 Å². The number of aryl methyl sites for hydroxylation is 1. The number of rotatable bonds is 5. The fourth-order valence-corrected chi connectivity index (χ4v) is 2.32. The van der Waals surface area contributed by atoms with Crippen LogP contribution in [0.15, 0.2) is 54.9 Å². The van der Waals surface area contributed by atoms with Gasteiger partial charge in [-0.3, -0.25) is 0 Å². The molecule has 0 bridgehead atoms. The van der Waals surface area contributed by atoms with Gasteiger partial charge in [-0.15, -0.1) is 0 Å². The van der Waals surface area contributed by atoms with E-state index >= 15 is 0 Å². The molecule has 22 heavy (non-hydrogen) atoms. The predicted octanol–water partition coefficient (Wildman–Crippen LogP) is 3.82. The summed E-state index contributed by atoms with van der Waals surface area (Å²) in [6, 6.07) is 16.0. The van der Waals surface area contributed by atoms with E-state index in [0.29, 0.717) is 6.54 Å². The number of anilines is 1. The summed E-state index contributed by atoms with van der Waals surface area (Å²) in [5.74, 6) is 1.72. The van der Waals surface area contributed by atoms with E-state index in [1.807, 2.05) is 43.3 Å². The SMILES string of the molecule is Cc1ccc2ncnc(NCC(C)Oc3ccccc3)c2c1. The van der Waals surface area contributed by atoms with E-state index in [2.05, 4.69) is 34.3 Å². The topological polar surface area (TPSA) is 47.0 Å². The lowest BCUT2D eigenvalue weighted by Crippen LogP contribution is -2.23. The van der Waals surface area contributed by atoms with Crippen molar-refractivity contribution in [3.8, 4) is 5.75 Å². The molecule has 4 heteroatoms. The summed E-state index contributed by atoms with van der Waals surface area (Å²) in [7, 11) is 0. The van der Waals surface area contributed by atoms with Crippen molar-refractivity contribution in [3.05, 3.63) is 60.4 Å². The van der Waals surface area contributed by atoms with Crippen molar-refractivity contribution >= 4 is 16.7 Å². The lowest BCUT2D eigenvalue weighted by Gasteiger charge is -2.16. The second kappa shape index (κ2) is 6.43. The van der Waals surface area contributed by atoms with Crippen LogP contribution in [0.25, 0.3) is 10.9 Å². The second-order valence-electron chi connectivity index (χ2n) is 5.37. The Morgan fingerprint density at radius 1 is 1.09 bits per heavy atom. The van der Waals surface area contributed by atoms with E-state index in [9.17, 15) is 0 Å². The maximum absolute atomic E-state index is 5.87. The molecule has 0 aliphatic rings. The molecule has 3 rings (SSSR count). The van der Waals surface area contributed by atoms with Crippen molar-refractivity contribution in [3.63, 3.8) is 0 Å². The van der Waals surface area contributed by atoms with Gasteiger partial charge >= 0.3 is 0 Å². The molecule has 0 saturated heterocycles. The summed E-state index contributed by atoms with van der Waals surface area (Å²) < 4.78 is 5.87. The lowest BCUT2D eigenvalue weighted by atomic mass is 10.1. The molecule has 0 aliphatic carbocycles. The molecule has 0 fully saturated rings. The molecule has 1 atom stereocenters. The van der Waals surface area contributed by atoms with Crippen molar-refractivity contribution in [1.82, 2.24) is 9.97 Å². The summed E-state index contributed by atoms with van der Waals surface area (Å²) in [4.78, 5) is 8.64. The summed E-state index contributed by atoms with van der Waals surface area (Å²) in [6.45, 7) is 4.78. The average molecular weight is 293 g/mol. The largest absolute Gasteiger partial charge is 0.489 e. The molecular weight excluding hydrogens is 274 g/mol. The number of para-hydroxylation sites is 1. The Balaban J connectivity index is 1.70. The van der Waals surface area contributed by atoms with Crippen LogP contribution in [0.4, 0.5) is 5.82 Å². The minimum absolute atomic E-state index is 0.0391. The number of hydrogen-bond donors (Lipinski definition) is 1. The Hall–Kier alpha value is -2.62. The lowest BCUT2D eigenvalue weighted by molar-refractivity contribution is 0.234. The highest BCUT2D eigenvalue weighted by molar-refractivity contribution is 5.89. The van der Waals surface area contributed by atoms with Gasteiger partial charge in [-0.25, -0.2) is 9.97 Å². The van der Waals surface area contributed by atoms with Crippen molar-refractivity contribution in [2.45, 2.75) is 20.0 Å². The molecule has 1 heterocycles. The van der Waals surface area contributed by atoms with Gasteiger partial charge in [0.25, 0.3) is 0 Å². The number of hydrogen-bond acceptors (Lipinski definition) is 4. The monoisotopic (exact) mass is 293 g/mol. The molecule has 0 radical (unpaired) electrons. The van der Waals surface area contributed by atoms with Crippen LogP contribution in [0.3, 0.4) is 0 Å².